The Morgan fingerprint density at radius 3 is 2.71 bits per heavy atom. The molecule has 2 fully saturated rings. The number of halogens is 1. The van der Waals surface area contributed by atoms with E-state index in [1.54, 1.807) is 19.1 Å². The number of hydrogen-bond acceptors (Lipinski definition) is 7. The Hall–Kier alpha value is -2.39. The van der Waals surface area contributed by atoms with Gasteiger partial charge in [0.2, 0.25) is 0 Å². The molecule has 2 aliphatic heterocycles. The molecule has 0 unspecified atom stereocenters. The van der Waals surface area contributed by atoms with Gasteiger partial charge in [-0.25, -0.2) is 9.18 Å². The highest BCUT2D eigenvalue weighted by Crippen LogP contribution is 2.34. The predicted octanol–water partition coefficient (Wildman–Crippen LogP) is 2.65. The lowest BCUT2D eigenvalue weighted by molar-refractivity contribution is -0.150. The molecule has 0 N–H and O–H groups in total. The molecule has 1 atom stereocenters. The molecule has 0 aliphatic carbocycles. The van der Waals surface area contributed by atoms with Gasteiger partial charge in [-0.3, -0.25) is 14.5 Å². The Kier molecular flexibility index (Phi) is 6.35. The lowest BCUT2D eigenvalue weighted by Crippen LogP contribution is -2.42. The summed E-state index contributed by atoms with van der Waals surface area (Å²) >= 11 is 0.720. The minimum Gasteiger partial charge on any atom is -0.464 e. The molecule has 3 rings (SSSR count). The first-order valence-electron chi connectivity index (χ1n) is 8.98. The second-order valence-corrected chi connectivity index (χ2v) is 7.28. The van der Waals surface area contributed by atoms with Gasteiger partial charge in [-0.2, -0.15) is 0 Å². The van der Waals surface area contributed by atoms with Crippen LogP contribution in [0.25, 0.3) is 6.08 Å². The third-order valence-corrected chi connectivity index (χ3v) is 5.34. The highest BCUT2D eigenvalue weighted by Gasteiger charge is 2.41. The van der Waals surface area contributed by atoms with Crippen LogP contribution in [0, 0.1) is 5.82 Å². The van der Waals surface area contributed by atoms with Crippen LogP contribution in [0.15, 0.2) is 23.1 Å². The van der Waals surface area contributed by atoms with Crippen molar-refractivity contribution in [3.63, 3.8) is 0 Å². The van der Waals surface area contributed by atoms with Crippen molar-refractivity contribution >= 4 is 40.6 Å². The molecule has 7 nitrogen and oxygen atoms in total. The minimum atomic E-state index is -1.02. The lowest BCUT2D eigenvalue weighted by atomic mass is 10.1. The summed E-state index contributed by atoms with van der Waals surface area (Å²) in [4.78, 5) is 39.5. The summed E-state index contributed by atoms with van der Waals surface area (Å²) in [6.45, 7) is 5.56. The largest absolute Gasteiger partial charge is 0.464 e. The van der Waals surface area contributed by atoms with Crippen molar-refractivity contribution in [2.24, 2.45) is 0 Å². The number of thioether (sulfide) groups is 1. The van der Waals surface area contributed by atoms with Crippen LogP contribution in [0.3, 0.4) is 0 Å². The molecule has 1 aromatic carbocycles. The number of ether oxygens (including phenoxy) is 2. The Morgan fingerprint density at radius 2 is 2.07 bits per heavy atom. The Balaban J connectivity index is 1.78. The Bertz CT molecular complexity index is 823. The zero-order valence-corrected chi connectivity index (χ0v) is 16.5. The highest BCUT2D eigenvalue weighted by molar-refractivity contribution is 8.18. The zero-order chi connectivity index (χ0) is 20.3. The molecule has 0 spiro atoms. The molecule has 9 heteroatoms. The number of amides is 2. The van der Waals surface area contributed by atoms with E-state index in [0.717, 1.165) is 16.7 Å². The third kappa shape index (κ3) is 4.20. The number of carbonyl (C=O) groups excluding carboxylic acids is 3. The molecule has 2 saturated heterocycles. The standard InChI is InChI=1S/C19H21FN2O5S/c1-3-27-18(24)12(2)22-17(23)16(28-19(22)25)11-13-4-5-15(14(20)10-13)21-6-8-26-9-7-21/h4-5,10-12H,3,6-9H2,1-2H3/b16-11+/t12-/m1/s1. The van der Waals surface area contributed by atoms with Gasteiger partial charge in [0.15, 0.2) is 0 Å². The van der Waals surface area contributed by atoms with E-state index in [1.807, 2.05) is 4.90 Å². The van der Waals surface area contributed by atoms with Crippen LogP contribution >= 0.6 is 11.8 Å². The van der Waals surface area contributed by atoms with Crippen molar-refractivity contribution < 1.29 is 28.2 Å². The molecule has 0 bridgehead atoms. The maximum atomic E-state index is 14.5. The van der Waals surface area contributed by atoms with Crippen LogP contribution in [0.2, 0.25) is 0 Å². The second kappa shape index (κ2) is 8.74. The monoisotopic (exact) mass is 408 g/mol. The van der Waals surface area contributed by atoms with E-state index < -0.39 is 29.0 Å². The van der Waals surface area contributed by atoms with E-state index in [9.17, 15) is 18.8 Å². The molecule has 0 saturated carbocycles. The van der Waals surface area contributed by atoms with Gasteiger partial charge in [-0.15, -0.1) is 0 Å². The van der Waals surface area contributed by atoms with Gasteiger partial charge < -0.3 is 14.4 Å². The number of benzene rings is 1. The van der Waals surface area contributed by atoms with Crippen molar-refractivity contribution in [1.82, 2.24) is 4.90 Å². The van der Waals surface area contributed by atoms with Crippen LogP contribution in [0.4, 0.5) is 14.9 Å². The van der Waals surface area contributed by atoms with Crippen molar-refractivity contribution in [3.05, 3.63) is 34.5 Å². The Labute approximate surface area is 166 Å². The maximum absolute atomic E-state index is 14.5. The molecule has 2 aliphatic rings. The summed E-state index contributed by atoms with van der Waals surface area (Å²) < 4.78 is 24.7. The van der Waals surface area contributed by atoms with Gasteiger partial charge in [-0.1, -0.05) is 6.07 Å². The van der Waals surface area contributed by atoms with Crippen LogP contribution in [-0.2, 0) is 19.1 Å². The van der Waals surface area contributed by atoms with E-state index in [0.29, 0.717) is 37.6 Å². The summed E-state index contributed by atoms with van der Waals surface area (Å²) in [6, 6.07) is 3.65. The average Bonchev–Trinajstić information content (AvgIpc) is 2.95. The third-order valence-electron chi connectivity index (χ3n) is 4.46. The van der Waals surface area contributed by atoms with Crippen molar-refractivity contribution in [3.8, 4) is 0 Å². The van der Waals surface area contributed by atoms with Crippen molar-refractivity contribution in [1.29, 1.82) is 0 Å². The highest BCUT2D eigenvalue weighted by atomic mass is 32.2. The fourth-order valence-electron chi connectivity index (χ4n) is 3.01. The maximum Gasteiger partial charge on any atom is 0.329 e. The molecule has 1 aromatic rings. The van der Waals surface area contributed by atoms with Gasteiger partial charge in [0.05, 0.1) is 30.4 Å². The van der Waals surface area contributed by atoms with E-state index in [1.165, 1.54) is 19.1 Å². The van der Waals surface area contributed by atoms with E-state index in [-0.39, 0.29) is 11.5 Å². The second-order valence-electron chi connectivity index (χ2n) is 6.29. The first-order valence-corrected chi connectivity index (χ1v) is 9.80. The number of anilines is 1. The van der Waals surface area contributed by atoms with Gasteiger partial charge in [0, 0.05) is 13.1 Å². The van der Waals surface area contributed by atoms with E-state index in [4.69, 9.17) is 9.47 Å². The number of morpholine rings is 1. The number of nitrogens with zero attached hydrogens (tertiary/aromatic N) is 2. The van der Waals surface area contributed by atoms with Gasteiger partial charge in [0.25, 0.3) is 11.1 Å². The molecule has 2 amide bonds. The summed E-state index contributed by atoms with van der Waals surface area (Å²) in [5.41, 5.74) is 0.938. The van der Waals surface area contributed by atoms with Crippen molar-refractivity contribution in [2.45, 2.75) is 19.9 Å². The van der Waals surface area contributed by atoms with E-state index >= 15 is 0 Å². The number of hydrogen-bond donors (Lipinski definition) is 0. The SMILES string of the molecule is CCOC(=O)[C@@H](C)N1C(=O)S/C(=C/c2ccc(N3CCOCC3)c(F)c2)C1=O. The minimum absolute atomic E-state index is 0.139. The number of carbonyl (C=O) groups is 3. The predicted molar refractivity (Wildman–Crippen MR) is 103 cm³/mol. The van der Waals surface area contributed by atoms with Gasteiger partial charge >= 0.3 is 5.97 Å². The molecule has 28 heavy (non-hydrogen) atoms. The number of rotatable bonds is 5. The summed E-state index contributed by atoms with van der Waals surface area (Å²) in [6.07, 6.45) is 1.45. The normalized spacial score (nSPS) is 20.0. The first-order chi connectivity index (χ1) is 13.4. The van der Waals surface area contributed by atoms with Crippen LogP contribution in [0.5, 0.6) is 0 Å². The Morgan fingerprint density at radius 1 is 1.36 bits per heavy atom. The van der Waals surface area contributed by atoms with Crippen LogP contribution < -0.4 is 4.90 Å². The topological polar surface area (TPSA) is 76.2 Å². The molecule has 0 aromatic heterocycles. The molecular weight excluding hydrogens is 387 g/mol. The van der Waals surface area contributed by atoms with E-state index in [2.05, 4.69) is 0 Å². The fraction of sp³-hybridized carbons (Fsp3) is 0.421. The average molecular weight is 408 g/mol. The first kappa shape index (κ1) is 20.3. The smallest absolute Gasteiger partial charge is 0.329 e. The lowest BCUT2D eigenvalue weighted by Gasteiger charge is -2.29. The number of esters is 1. The van der Waals surface area contributed by atoms with Gasteiger partial charge in [-0.05, 0) is 49.4 Å². The quantitative estimate of drug-likeness (QED) is 0.548. The van der Waals surface area contributed by atoms with Crippen LogP contribution in [-0.4, -0.2) is 61.0 Å². The summed E-state index contributed by atoms with van der Waals surface area (Å²) in [5.74, 6) is -1.64. The van der Waals surface area contributed by atoms with Gasteiger partial charge in [0.1, 0.15) is 11.9 Å². The summed E-state index contributed by atoms with van der Waals surface area (Å²) in [5, 5.41) is -0.554. The summed E-state index contributed by atoms with van der Waals surface area (Å²) in [7, 11) is 0. The molecular formula is C19H21FN2O5S. The molecule has 2 heterocycles. The molecule has 150 valence electrons. The molecule has 0 radical (unpaired) electrons. The van der Waals surface area contributed by atoms with Crippen LogP contribution in [0.1, 0.15) is 19.4 Å². The zero-order valence-electron chi connectivity index (χ0n) is 15.6. The number of imide groups is 1. The fourth-order valence-corrected chi connectivity index (χ4v) is 3.92. The van der Waals surface area contributed by atoms with Crippen molar-refractivity contribution in [2.75, 3.05) is 37.8 Å².